The third kappa shape index (κ3) is 5.93. The van der Waals surface area contributed by atoms with E-state index < -0.39 is 85.7 Å². The number of phenolic OH excluding ortho intramolecular Hbond substituents is 1. The second kappa shape index (κ2) is 14.7. The summed E-state index contributed by atoms with van der Waals surface area (Å²) < 4.78 is 19.7. The van der Waals surface area contributed by atoms with Crippen LogP contribution in [0.2, 0.25) is 5.02 Å². The van der Waals surface area contributed by atoms with Gasteiger partial charge in [0.05, 0.1) is 51.0 Å². The Kier molecular flexibility index (Phi) is 9.81. The van der Waals surface area contributed by atoms with E-state index in [9.17, 15) is 44.1 Å². The van der Waals surface area contributed by atoms with Gasteiger partial charge in [-0.05, 0) is 73.7 Å². The summed E-state index contributed by atoms with van der Waals surface area (Å²) in [6.07, 6.45) is 1.53. The summed E-state index contributed by atoms with van der Waals surface area (Å²) in [6.45, 7) is 1.90. The summed E-state index contributed by atoms with van der Waals surface area (Å²) in [5.41, 5.74) is 0.202. The molecule has 0 aromatic heterocycles. The first-order valence-corrected chi connectivity index (χ1v) is 19.3. The van der Waals surface area contributed by atoms with E-state index in [1.54, 1.807) is 55.5 Å². The molecule has 4 aliphatic rings. The molecule has 308 valence electrons. The molecule has 2 saturated heterocycles. The van der Waals surface area contributed by atoms with Crippen molar-refractivity contribution in [3.63, 3.8) is 0 Å². The van der Waals surface area contributed by atoms with Gasteiger partial charge in [0.1, 0.15) is 5.82 Å². The van der Waals surface area contributed by atoms with Gasteiger partial charge in [-0.2, -0.15) is 5.01 Å². The third-order valence-corrected chi connectivity index (χ3v) is 12.3. The Bertz CT molecular complexity index is 2520. The lowest BCUT2D eigenvalue weighted by Crippen LogP contribution is -2.53. The Balaban J connectivity index is 1.33. The van der Waals surface area contributed by atoms with E-state index in [0.717, 1.165) is 34.2 Å². The second-order valence-corrected chi connectivity index (χ2v) is 15.7. The summed E-state index contributed by atoms with van der Waals surface area (Å²) >= 11 is 6.36. The van der Waals surface area contributed by atoms with Gasteiger partial charge in [0, 0.05) is 42.7 Å². The van der Waals surface area contributed by atoms with Gasteiger partial charge in [-0.25, -0.2) is 9.29 Å². The molecular formula is C42H36ClFN6O10. The van der Waals surface area contributed by atoms with Crippen LogP contribution in [0.4, 0.5) is 32.8 Å². The zero-order chi connectivity index (χ0) is 42.9. The standard InChI is InChI=1S/C42H36ClFN6O10/c1-4-60-33-7-5-6-28(37(33)51)35-26-16-17-27-34(40(54)47(38(27)52)25-18-31(49(56)57)36(46(2)3)32(19-25)50(58)59)29(26)20-30-39(53)48(45-24-14-12-23(44)13-15-24)41(55)42(30,35)21-8-10-22(43)11-9-21/h5-16,18-19,27,29-30,34-35,45,51H,4,17,20H2,1-3H3. The Morgan fingerprint density at radius 2 is 1.58 bits per heavy atom. The van der Waals surface area contributed by atoms with Gasteiger partial charge in [0.2, 0.25) is 11.8 Å². The monoisotopic (exact) mass is 838 g/mol. The largest absolute Gasteiger partial charge is 0.504 e. The highest BCUT2D eigenvalue weighted by molar-refractivity contribution is 6.30. The van der Waals surface area contributed by atoms with E-state index in [1.807, 2.05) is 0 Å². The number of ether oxygens (including phenoxy) is 1. The number of rotatable bonds is 10. The number of nitrogens with one attached hydrogen (secondary N) is 1. The number of allylic oxidation sites excluding steroid dienone is 2. The fraction of sp³-hybridized carbons (Fsp3) is 0.286. The molecule has 16 nitrogen and oxygen atoms in total. The highest BCUT2D eigenvalue weighted by Gasteiger charge is 2.71. The number of aromatic hydroxyl groups is 1. The Hall–Kier alpha value is -6.88. The quantitative estimate of drug-likeness (QED) is 0.0745. The SMILES string of the molecule is CCOc1cccc(C2C3=CCC4C(=O)N(c5cc([N+](=O)[O-])c(N(C)C)c([N+](=O)[O-])c5)C(=O)C4C3CC3C(=O)N(Nc4ccc(F)cc4)C(=O)C32c2ccc(Cl)cc2)c1O. The molecule has 6 unspecified atom stereocenters. The number of imide groups is 2. The molecule has 1 saturated carbocycles. The number of carbonyl (C=O) groups excluding carboxylic acids is 4. The van der Waals surface area contributed by atoms with Crippen molar-refractivity contribution in [3.8, 4) is 11.5 Å². The normalized spacial score (nSPS) is 24.4. The number of nitro benzene ring substituents is 2. The smallest absolute Gasteiger partial charge is 0.301 e. The number of nitrogens with zero attached hydrogens (tertiary/aromatic N) is 5. The Labute approximate surface area is 346 Å². The van der Waals surface area contributed by atoms with Crippen molar-refractivity contribution in [2.45, 2.75) is 31.1 Å². The minimum Gasteiger partial charge on any atom is -0.504 e. The van der Waals surface area contributed by atoms with Gasteiger partial charge < -0.3 is 14.7 Å². The van der Waals surface area contributed by atoms with Gasteiger partial charge in [-0.1, -0.05) is 47.5 Å². The minimum absolute atomic E-state index is 0.0546. The molecule has 8 rings (SSSR count). The van der Waals surface area contributed by atoms with E-state index >= 15 is 4.79 Å². The van der Waals surface area contributed by atoms with Gasteiger partial charge in [-0.3, -0.25) is 44.8 Å². The molecule has 2 N–H and O–H groups in total. The molecule has 2 aliphatic heterocycles. The lowest BCUT2D eigenvalue weighted by molar-refractivity contribution is -0.392. The number of benzene rings is 4. The number of hydrazine groups is 1. The van der Waals surface area contributed by atoms with Crippen molar-refractivity contribution in [2.75, 3.05) is 35.9 Å². The fourth-order valence-electron chi connectivity index (χ4n) is 9.75. The molecule has 60 heavy (non-hydrogen) atoms. The predicted octanol–water partition coefficient (Wildman–Crippen LogP) is 6.66. The van der Waals surface area contributed by atoms with Crippen molar-refractivity contribution < 1.29 is 43.3 Å². The van der Waals surface area contributed by atoms with Gasteiger partial charge in [0.25, 0.3) is 11.8 Å². The topological polar surface area (TPSA) is 206 Å². The van der Waals surface area contributed by atoms with E-state index in [2.05, 4.69) is 5.43 Å². The fourth-order valence-corrected chi connectivity index (χ4v) is 9.88. The van der Waals surface area contributed by atoms with Crippen molar-refractivity contribution in [1.82, 2.24) is 5.01 Å². The number of fused-ring (bicyclic) bond motifs is 4. The first kappa shape index (κ1) is 39.9. The molecule has 6 atom stereocenters. The molecule has 2 aliphatic carbocycles. The molecule has 3 fully saturated rings. The van der Waals surface area contributed by atoms with E-state index in [1.165, 1.54) is 31.1 Å². The van der Waals surface area contributed by atoms with Crippen molar-refractivity contribution >= 4 is 63.7 Å². The van der Waals surface area contributed by atoms with E-state index in [4.69, 9.17) is 16.3 Å². The Morgan fingerprint density at radius 1 is 0.933 bits per heavy atom. The Morgan fingerprint density at radius 3 is 2.18 bits per heavy atom. The number of para-hydroxylation sites is 1. The predicted molar refractivity (Wildman–Crippen MR) is 215 cm³/mol. The third-order valence-electron chi connectivity index (χ3n) is 12.1. The van der Waals surface area contributed by atoms with Crippen LogP contribution in [0.25, 0.3) is 0 Å². The highest BCUT2D eigenvalue weighted by atomic mass is 35.5. The van der Waals surface area contributed by atoms with E-state index in [-0.39, 0.29) is 53.6 Å². The van der Waals surface area contributed by atoms with Gasteiger partial charge in [0.15, 0.2) is 17.2 Å². The molecule has 4 aromatic rings. The summed E-state index contributed by atoms with van der Waals surface area (Å²) in [7, 11) is 2.78. The lowest BCUT2D eigenvalue weighted by Gasteiger charge is -2.50. The number of amides is 4. The summed E-state index contributed by atoms with van der Waals surface area (Å²) in [5, 5.41) is 37.7. The number of phenols is 1. The number of hydrogen-bond donors (Lipinski definition) is 2. The molecule has 18 heteroatoms. The second-order valence-electron chi connectivity index (χ2n) is 15.3. The van der Waals surface area contributed by atoms with E-state index in [0.29, 0.717) is 16.2 Å². The van der Waals surface area contributed by atoms with Crippen LogP contribution in [0.3, 0.4) is 0 Å². The summed E-state index contributed by atoms with van der Waals surface area (Å²) in [4.78, 5) is 84.3. The van der Waals surface area contributed by atoms with Crippen molar-refractivity contribution in [3.05, 3.63) is 133 Å². The lowest BCUT2D eigenvalue weighted by atomic mass is 9.49. The van der Waals surface area contributed by atoms with Crippen molar-refractivity contribution in [1.29, 1.82) is 0 Å². The zero-order valence-corrected chi connectivity index (χ0v) is 33.0. The van der Waals surface area contributed by atoms with Gasteiger partial charge in [-0.15, -0.1) is 0 Å². The van der Waals surface area contributed by atoms with Crippen LogP contribution < -0.4 is 20.0 Å². The zero-order valence-electron chi connectivity index (χ0n) is 32.2. The number of nitro groups is 2. The summed E-state index contributed by atoms with van der Waals surface area (Å²) in [5.74, 6) is -9.33. The van der Waals surface area contributed by atoms with Crippen LogP contribution in [-0.2, 0) is 24.6 Å². The maximum atomic E-state index is 15.4. The summed E-state index contributed by atoms with van der Waals surface area (Å²) in [6, 6.07) is 18.1. The first-order chi connectivity index (χ1) is 28.6. The maximum Gasteiger partial charge on any atom is 0.301 e. The number of hydrogen-bond acceptors (Lipinski definition) is 12. The average molecular weight is 839 g/mol. The van der Waals surface area contributed by atoms with Crippen LogP contribution in [0.5, 0.6) is 11.5 Å². The molecule has 0 bridgehead atoms. The highest BCUT2D eigenvalue weighted by Crippen LogP contribution is 2.65. The van der Waals surface area contributed by atoms with Crippen molar-refractivity contribution in [2.24, 2.45) is 23.7 Å². The number of carbonyl (C=O) groups is 4. The van der Waals surface area contributed by atoms with Crippen LogP contribution in [-0.4, -0.2) is 64.3 Å². The molecule has 2 heterocycles. The van der Waals surface area contributed by atoms with Crippen LogP contribution in [0, 0.1) is 49.7 Å². The molecule has 0 spiro atoms. The molecule has 0 radical (unpaired) electrons. The van der Waals surface area contributed by atoms with Gasteiger partial charge >= 0.3 is 11.4 Å². The number of halogens is 2. The maximum absolute atomic E-state index is 15.4. The number of anilines is 3. The van der Waals surface area contributed by atoms with Crippen LogP contribution in [0.1, 0.15) is 36.8 Å². The molecule has 4 aromatic carbocycles. The molecular weight excluding hydrogens is 803 g/mol. The molecule has 4 amide bonds. The average Bonchev–Trinajstić information content (AvgIpc) is 3.59. The van der Waals surface area contributed by atoms with Crippen LogP contribution in [0.15, 0.2) is 90.5 Å². The van der Waals surface area contributed by atoms with Crippen LogP contribution >= 0.6 is 11.6 Å². The minimum atomic E-state index is -1.80. The first-order valence-electron chi connectivity index (χ1n) is 18.9.